The monoisotopic (exact) mass is 183 g/mol. The summed E-state index contributed by atoms with van der Waals surface area (Å²) in [6, 6.07) is 0.323. The predicted octanol–water partition coefficient (Wildman–Crippen LogP) is 1.28. The summed E-state index contributed by atoms with van der Waals surface area (Å²) < 4.78 is 13.8. The largest absolute Gasteiger partial charge is 0.243 e. The first-order chi connectivity index (χ1) is 4.70. The van der Waals surface area contributed by atoms with Crippen LogP contribution in [0.3, 0.4) is 0 Å². The number of hydrogen-bond donors (Lipinski definition) is 1. The molecule has 0 aliphatic carbocycles. The van der Waals surface area contributed by atoms with E-state index in [-0.39, 0.29) is 0 Å². The maximum Gasteiger partial charge on any atom is 0.0929 e. The van der Waals surface area contributed by atoms with Crippen LogP contribution in [0, 0.1) is 0 Å². The van der Waals surface area contributed by atoms with Crippen molar-refractivity contribution >= 4 is 22.6 Å². The lowest BCUT2D eigenvalue weighted by atomic mass is 10.3. The highest BCUT2D eigenvalue weighted by atomic mass is 35.5. The second kappa shape index (κ2) is 6.13. The molecule has 1 N–H and O–H groups in total. The van der Waals surface area contributed by atoms with Crippen LogP contribution in [0.4, 0.5) is 0 Å². The summed E-state index contributed by atoms with van der Waals surface area (Å²) in [5, 5.41) is 0. The molecule has 0 bridgehead atoms. The summed E-state index contributed by atoms with van der Waals surface area (Å²) in [5.74, 6) is 0.988. The van der Waals surface area contributed by atoms with Gasteiger partial charge in [0.05, 0.1) is 16.7 Å². The van der Waals surface area contributed by atoms with E-state index in [4.69, 9.17) is 11.6 Å². The third kappa shape index (κ3) is 5.21. The van der Waals surface area contributed by atoms with Crippen LogP contribution in [0.2, 0.25) is 0 Å². The number of alkyl halides is 1. The van der Waals surface area contributed by atoms with Crippen LogP contribution in [0.5, 0.6) is 0 Å². The van der Waals surface area contributed by atoms with Crippen LogP contribution < -0.4 is 4.72 Å². The van der Waals surface area contributed by atoms with E-state index in [1.165, 1.54) is 0 Å². The van der Waals surface area contributed by atoms with Crippen LogP contribution in [0.15, 0.2) is 0 Å². The highest BCUT2D eigenvalue weighted by molar-refractivity contribution is 7.83. The summed E-state index contributed by atoms with van der Waals surface area (Å²) in [5.41, 5.74) is 0. The Morgan fingerprint density at radius 3 is 2.70 bits per heavy atom. The highest BCUT2D eigenvalue weighted by Crippen LogP contribution is 1.90. The summed E-state index contributed by atoms with van der Waals surface area (Å²) in [6.07, 6.45) is 0.994. The third-order valence-electron chi connectivity index (χ3n) is 1.21. The SMILES string of the molecule is CCC(C)NS(=O)CCCl. The summed E-state index contributed by atoms with van der Waals surface area (Å²) in [6.45, 7) is 4.06. The van der Waals surface area contributed by atoms with Crippen molar-refractivity contribution in [2.24, 2.45) is 0 Å². The molecule has 0 heterocycles. The van der Waals surface area contributed by atoms with E-state index in [1.54, 1.807) is 0 Å². The van der Waals surface area contributed by atoms with E-state index in [0.717, 1.165) is 6.42 Å². The summed E-state index contributed by atoms with van der Waals surface area (Å²) in [7, 11) is -0.932. The first-order valence-electron chi connectivity index (χ1n) is 3.41. The van der Waals surface area contributed by atoms with Crippen molar-refractivity contribution in [3.8, 4) is 0 Å². The highest BCUT2D eigenvalue weighted by Gasteiger charge is 2.01. The Balaban J connectivity index is 3.37. The molecule has 0 radical (unpaired) electrons. The van der Waals surface area contributed by atoms with Gasteiger partial charge in [-0.2, -0.15) is 0 Å². The fourth-order valence-corrected chi connectivity index (χ4v) is 1.73. The van der Waals surface area contributed by atoms with E-state index < -0.39 is 11.0 Å². The molecule has 4 heteroatoms. The standard InChI is InChI=1S/C6H14ClNOS/c1-3-6(2)8-10(9)5-4-7/h6,8H,3-5H2,1-2H3. The van der Waals surface area contributed by atoms with Gasteiger partial charge in [0.15, 0.2) is 0 Å². The number of rotatable bonds is 5. The van der Waals surface area contributed by atoms with Crippen molar-refractivity contribution in [2.75, 3.05) is 11.6 Å². The zero-order valence-electron chi connectivity index (χ0n) is 6.39. The van der Waals surface area contributed by atoms with Gasteiger partial charge >= 0.3 is 0 Å². The molecule has 62 valence electrons. The second-order valence-corrected chi connectivity index (χ2v) is 3.88. The minimum Gasteiger partial charge on any atom is -0.243 e. The molecule has 0 saturated carbocycles. The maximum absolute atomic E-state index is 10.9. The van der Waals surface area contributed by atoms with Crippen molar-refractivity contribution in [1.82, 2.24) is 4.72 Å². The molecule has 0 aliphatic rings. The molecule has 2 atom stereocenters. The number of nitrogens with one attached hydrogen (secondary N) is 1. The van der Waals surface area contributed by atoms with Crippen LogP contribution in [0.25, 0.3) is 0 Å². The Bertz CT molecular complexity index is 110. The van der Waals surface area contributed by atoms with Gasteiger partial charge in [0.2, 0.25) is 0 Å². The lowest BCUT2D eigenvalue weighted by molar-refractivity contribution is 0.625. The zero-order chi connectivity index (χ0) is 7.98. The Labute approximate surface area is 69.9 Å². The molecule has 0 rings (SSSR count). The normalized spacial score (nSPS) is 16.7. The smallest absolute Gasteiger partial charge is 0.0929 e. The van der Waals surface area contributed by atoms with E-state index in [1.807, 2.05) is 6.92 Å². The third-order valence-corrected chi connectivity index (χ3v) is 2.86. The van der Waals surface area contributed by atoms with Crippen molar-refractivity contribution < 1.29 is 4.21 Å². The van der Waals surface area contributed by atoms with E-state index >= 15 is 0 Å². The molecule has 0 aromatic heterocycles. The van der Waals surface area contributed by atoms with Gasteiger partial charge in [0, 0.05) is 11.9 Å². The maximum atomic E-state index is 10.9. The van der Waals surface area contributed by atoms with Gasteiger partial charge in [-0.25, -0.2) is 8.93 Å². The molecule has 0 amide bonds. The first-order valence-corrected chi connectivity index (χ1v) is 5.26. The summed E-state index contributed by atoms with van der Waals surface area (Å²) >= 11 is 5.39. The fourth-order valence-electron chi connectivity index (χ4n) is 0.437. The van der Waals surface area contributed by atoms with E-state index in [2.05, 4.69) is 11.6 Å². The first kappa shape index (κ1) is 10.4. The molecule has 0 fully saturated rings. The van der Waals surface area contributed by atoms with Gasteiger partial charge in [-0.15, -0.1) is 11.6 Å². The van der Waals surface area contributed by atoms with Crippen molar-refractivity contribution in [1.29, 1.82) is 0 Å². The molecule has 0 aromatic rings. The van der Waals surface area contributed by atoms with E-state index in [0.29, 0.717) is 17.7 Å². The molecule has 0 aromatic carbocycles. The quantitative estimate of drug-likeness (QED) is 0.640. The molecule has 10 heavy (non-hydrogen) atoms. The van der Waals surface area contributed by atoms with Gasteiger partial charge in [-0.05, 0) is 13.3 Å². The fraction of sp³-hybridized carbons (Fsp3) is 1.00. The minimum atomic E-state index is -0.932. The average molecular weight is 184 g/mol. The van der Waals surface area contributed by atoms with Gasteiger partial charge in [0.25, 0.3) is 0 Å². The Morgan fingerprint density at radius 2 is 2.30 bits per heavy atom. The van der Waals surface area contributed by atoms with Crippen LogP contribution in [0.1, 0.15) is 20.3 Å². The molecular weight excluding hydrogens is 170 g/mol. The van der Waals surface area contributed by atoms with Gasteiger partial charge < -0.3 is 0 Å². The predicted molar refractivity (Wildman–Crippen MR) is 46.6 cm³/mol. The molecule has 0 saturated heterocycles. The lowest BCUT2D eigenvalue weighted by Gasteiger charge is -2.08. The molecule has 0 aliphatic heterocycles. The van der Waals surface area contributed by atoms with Gasteiger partial charge in [-0.3, -0.25) is 0 Å². The van der Waals surface area contributed by atoms with Crippen LogP contribution in [-0.4, -0.2) is 21.9 Å². The lowest BCUT2D eigenvalue weighted by Crippen LogP contribution is -2.29. The van der Waals surface area contributed by atoms with Crippen molar-refractivity contribution in [2.45, 2.75) is 26.3 Å². The Morgan fingerprint density at radius 1 is 1.70 bits per heavy atom. The van der Waals surface area contributed by atoms with Gasteiger partial charge in [0.1, 0.15) is 0 Å². The van der Waals surface area contributed by atoms with Gasteiger partial charge in [-0.1, -0.05) is 6.92 Å². The van der Waals surface area contributed by atoms with Crippen molar-refractivity contribution in [3.63, 3.8) is 0 Å². The molecule has 2 unspecified atom stereocenters. The van der Waals surface area contributed by atoms with Crippen LogP contribution >= 0.6 is 11.6 Å². The second-order valence-electron chi connectivity index (χ2n) is 2.17. The van der Waals surface area contributed by atoms with Crippen molar-refractivity contribution in [3.05, 3.63) is 0 Å². The Hall–Kier alpha value is 0.400. The van der Waals surface area contributed by atoms with Crippen LogP contribution in [-0.2, 0) is 11.0 Å². The zero-order valence-corrected chi connectivity index (χ0v) is 7.97. The number of halogens is 1. The molecular formula is C6H14ClNOS. The summed E-state index contributed by atoms with van der Waals surface area (Å²) in [4.78, 5) is 0. The molecule has 0 spiro atoms. The number of hydrogen-bond acceptors (Lipinski definition) is 1. The topological polar surface area (TPSA) is 29.1 Å². The molecule has 2 nitrogen and oxygen atoms in total. The van der Waals surface area contributed by atoms with E-state index in [9.17, 15) is 4.21 Å². The Kier molecular flexibility index (Phi) is 6.38. The average Bonchev–Trinajstić information content (AvgIpc) is 1.88. The minimum absolute atomic E-state index is 0.323.